The lowest BCUT2D eigenvalue weighted by atomic mass is 10.2. The summed E-state index contributed by atoms with van der Waals surface area (Å²) in [6, 6.07) is 15.0. The van der Waals surface area contributed by atoms with Gasteiger partial charge in [0.25, 0.3) is 5.56 Å². The highest BCUT2D eigenvalue weighted by Gasteiger charge is 2.21. The number of nitrogens with zero attached hydrogens (tertiary/aromatic N) is 2. The fraction of sp³-hybridized carbons (Fsp3) is 0.263. The highest BCUT2D eigenvalue weighted by molar-refractivity contribution is 5.78. The van der Waals surface area contributed by atoms with Crippen molar-refractivity contribution in [2.75, 3.05) is 13.7 Å². The number of nitrogens with two attached hydrogens (primary N) is 1. The summed E-state index contributed by atoms with van der Waals surface area (Å²) in [6.45, 7) is 5.06. The van der Waals surface area contributed by atoms with Crippen molar-refractivity contribution in [3.8, 4) is 11.4 Å². The van der Waals surface area contributed by atoms with Crippen LogP contribution in [-0.2, 0) is 0 Å². The SMILES string of the molecule is CC[NH2+][C@@H](C)c1nc2ccccc2c(=O)n1-c1ccccc1OC. The summed E-state index contributed by atoms with van der Waals surface area (Å²) in [5.41, 5.74) is 1.37. The van der Waals surface area contributed by atoms with Crippen LogP contribution in [0.2, 0.25) is 0 Å². The molecule has 1 heterocycles. The van der Waals surface area contributed by atoms with Gasteiger partial charge >= 0.3 is 0 Å². The van der Waals surface area contributed by atoms with Crippen molar-refractivity contribution < 1.29 is 10.1 Å². The van der Waals surface area contributed by atoms with Gasteiger partial charge in [0.05, 0.1) is 30.2 Å². The van der Waals surface area contributed by atoms with Crippen LogP contribution < -0.4 is 15.6 Å². The Morgan fingerprint density at radius 3 is 2.62 bits per heavy atom. The van der Waals surface area contributed by atoms with Gasteiger partial charge in [0, 0.05) is 0 Å². The number of quaternary nitrogens is 1. The summed E-state index contributed by atoms with van der Waals surface area (Å²) in [6.07, 6.45) is 0. The molecule has 5 heteroatoms. The van der Waals surface area contributed by atoms with E-state index in [1.54, 1.807) is 11.7 Å². The largest absolute Gasteiger partial charge is 0.495 e. The molecule has 0 bridgehead atoms. The molecule has 0 amide bonds. The van der Waals surface area contributed by atoms with Gasteiger partial charge in [0.1, 0.15) is 11.8 Å². The second kappa shape index (κ2) is 6.84. The molecule has 3 rings (SSSR count). The average Bonchev–Trinajstić information content (AvgIpc) is 2.62. The molecule has 5 nitrogen and oxygen atoms in total. The van der Waals surface area contributed by atoms with Gasteiger partial charge in [-0.1, -0.05) is 24.3 Å². The molecule has 0 saturated carbocycles. The van der Waals surface area contributed by atoms with Crippen LogP contribution >= 0.6 is 0 Å². The van der Waals surface area contributed by atoms with E-state index < -0.39 is 0 Å². The molecular formula is C19H22N3O2+. The summed E-state index contributed by atoms with van der Waals surface area (Å²) >= 11 is 0. The Kier molecular flexibility index (Phi) is 4.62. The minimum Gasteiger partial charge on any atom is -0.495 e. The molecule has 0 spiro atoms. The Morgan fingerprint density at radius 1 is 1.17 bits per heavy atom. The Morgan fingerprint density at radius 2 is 1.88 bits per heavy atom. The van der Waals surface area contributed by atoms with Gasteiger partial charge in [-0.25, -0.2) is 4.98 Å². The Balaban J connectivity index is 2.37. The topological polar surface area (TPSA) is 60.7 Å². The fourth-order valence-corrected chi connectivity index (χ4v) is 2.96. The third-order valence-electron chi connectivity index (χ3n) is 4.12. The second-order valence-electron chi connectivity index (χ2n) is 5.73. The highest BCUT2D eigenvalue weighted by atomic mass is 16.5. The quantitative estimate of drug-likeness (QED) is 0.781. The first kappa shape index (κ1) is 16.2. The normalized spacial score (nSPS) is 12.3. The predicted molar refractivity (Wildman–Crippen MR) is 94.8 cm³/mol. The first-order valence-corrected chi connectivity index (χ1v) is 8.15. The second-order valence-corrected chi connectivity index (χ2v) is 5.73. The van der Waals surface area contributed by atoms with Gasteiger partial charge < -0.3 is 10.1 Å². The maximum atomic E-state index is 13.2. The number of hydrogen-bond donors (Lipinski definition) is 1. The molecule has 1 aromatic heterocycles. The van der Waals surface area contributed by atoms with E-state index in [0.717, 1.165) is 23.6 Å². The molecule has 0 fully saturated rings. The van der Waals surface area contributed by atoms with Crippen LogP contribution in [0.15, 0.2) is 53.3 Å². The van der Waals surface area contributed by atoms with E-state index in [9.17, 15) is 4.79 Å². The molecule has 24 heavy (non-hydrogen) atoms. The van der Waals surface area contributed by atoms with E-state index in [1.165, 1.54) is 0 Å². The van der Waals surface area contributed by atoms with E-state index in [2.05, 4.69) is 19.2 Å². The van der Waals surface area contributed by atoms with Crippen molar-refractivity contribution in [3.05, 3.63) is 64.7 Å². The van der Waals surface area contributed by atoms with Crippen LogP contribution in [0.1, 0.15) is 25.7 Å². The molecule has 0 aliphatic heterocycles. The summed E-state index contributed by atoms with van der Waals surface area (Å²) in [5.74, 6) is 1.38. The predicted octanol–water partition coefficient (Wildman–Crippen LogP) is 2.04. The molecule has 3 aromatic rings. The van der Waals surface area contributed by atoms with Crippen molar-refractivity contribution in [2.45, 2.75) is 19.9 Å². The van der Waals surface area contributed by atoms with Gasteiger partial charge in [-0.05, 0) is 38.1 Å². The molecule has 0 aliphatic rings. The molecule has 0 aliphatic carbocycles. The van der Waals surface area contributed by atoms with Crippen LogP contribution in [0, 0.1) is 0 Å². The highest BCUT2D eigenvalue weighted by Crippen LogP contribution is 2.24. The standard InChI is InChI=1S/C19H21N3O2/c1-4-20-13(2)18-21-15-10-6-5-9-14(15)19(23)22(18)16-11-7-8-12-17(16)24-3/h5-13,20H,4H2,1-3H3/p+1/t13-/m0/s1. The molecule has 0 radical (unpaired) electrons. The summed E-state index contributed by atoms with van der Waals surface area (Å²) < 4.78 is 7.14. The van der Waals surface area contributed by atoms with Gasteiger partial charge in [0.15, 0.2) is 5.82 Å². The number of aromatic nitrogens is 2. The Hall–Kier alpha value is -2.66. The lowest BCUT2D eigenvalue weighted by molar-refractivity contribution is -0.691. The maximum absolute atomic E-state index is 13.2. The minimum absolute atomic E-state index is 0.0530. The van der Waals surface area contributed by atoms with E-state index in [0.29, 0.717) is 11.1 Å². The number of fused-ring (bicyclic) bond motifs is 1. The zero-order valence-electron chi connectivity index (χ0n) is 14.2. The van der Waals surface area contributed by atoms with Gasteiger partial charge in [-0.3, -0.25) is 9.36 Å². The van der Waals surface area contributed by atoms with Crippen LogP contribution in [0.4, 0.5) is 0 Å². The zero-order chi connectivity index (χ0) is 17.1. The smallest absolute Gasteiger partial charge is 0.266 e. The summed E-state index contributed by atoms with van der Waals surface area (Å²) in [5, 5.41) is 2.76. The lowest BCUT2D eigenvalue weighted by Gasteiger charge is -2.18. The van der Waals surface area contributed by atoms with Crippen molar-refractivity contribution in [1.29, 1.82) is 0 Å². The molecule has 124 valence electrons. The van der Waals surface area contributed by atoms with Crippen LogP contribution in [0.25, 0.3) is 16.6 Å². The Bertz CT molecular complexity index is 918. The van der Waals surface area contributed by atoms with E-state index in [-0.39, 0.29) is 11.6 Å². The van der Waals surface area contributed by atoms with Gasteiger partial charge in [-0.2, -0.15) is 0 Å². The molecule has 1 atom stereocenters. The molecule has 2 aromatic carbocycles. The third-order valence-corrected chi connectivity index (χ3v) is 4.12. The van der Waals surface area contributed by atoms with Crippen molar-refractivity contribution >= 4 is 10.9 Å². The number of methoxy groups -OCH3 is 1. The number of para-hydroxylation sites is 3. The van der Waals surface area contributed by atoms with Gasteiger partial charge in [-0.15, -0.1) is 0 Å². The number of rotatable bonds is 5. The molecule has 2 N–H and O–H groups in total. The van der Waals surface area contributed by atoms with Crippen molar-refractivity contribution in [3.63, 3.8) is 0 Å². The van der Waals surface area contributed by atoms with E-state index >= 15 is 0 Å². The van der Waals surface area contributed by atoms with E-state index in [4.69, 9.17) is 9.72 Å². The molecule has 0 saturated heterocycles. The van der Waals surface area contributed by atoms with Crippen LogP contribution in [0.5, 0.6) is 5.75 Å². The first-order chi connectivity index (χ1) is 11.7. The van der Waals surface area contributed by atoms with Crippen molar-refractivity contribution in [1.82, 2.24) is 9.55 Å². The number of ether oxygens (including phenoxy) is 1. The number of hydrogen-bond acceptors (Lipinski definition) is 3. The average molecular weight is 324 g/mol. The Labute approximate surface area is 140 Å². The van der Waals surface area contributed by atoms with E-state index in [1.807, 2.05) is 48.5 Å². The molecular weight excluding hydrogens is 302 g/mol. The fourth-order valence-electron chi connectivity index (χ4n) is 2.96. The number of benzene rings is 2. The maximum Gasteiger partial charge on any atom is 0.266 e. The van der Waals surface area contributed by atoms with Gasteiger partial charge in [0.2, 0.25) is 0 Å². The monoisotopic (exact) mass is 324 g/mol. The lowest BCUT2D eigenvalue weighted by Crippen LogP contribution is -2.84. The summed E-state index contributed by atoms with van der Waals surface area (Å²) in [4.78, 5) is 18.0. The zero-order valence-corrected chi connectivity index (χ0v) is 14.2. The minimum atomic E-state index is -0.0727. The first-order valence-electron chi connectivity index (χ1n) is 8.15. The van der Waals surface area contributed by atoms with Crippen molar-refractivity contribution in [2.24, 2.45) is 0 Å². The molecule has 0 unspecified atom stereocenters. The van der Waals surface area contributed by atoms with Crippen LogP contribution in [0.3, 0.4) is 0 Å². The van der Waals surface area contributed by atoms with Crippen LogP contribution in [-0.4, -0.2) is 23.2 Å². The third kappa shape index (κ3) is 2.78. The summed E-state index contributed by atoms with van der Waals surface area (Å²) in [7, 11) is 1.61.